The smallest absolute Gasteiger partial charge is 0.413 e. The molecule has 0 aliphatic carbocycles. The highest BCUT2D eigenvalue weighted by Crippen LogP contribution is 2.14. The number of aromatic nitrogens is 1. The quantitative estimate of drug-likeness (QED) is 0.881. The van der Waals surface area contributed by atoms with Crippen LogP contribution in [0.3, 0.4) is 0 Å². The van der Waals surface area contributed by atoms with Crippen LogP contribution in [0.25, 0.3) is 0 Å². The van der Waals surface area contributed by atoms with Crippen molar-refractivity contribution in [2.24, 2.45) is 0 Å². The number of carbonyl (C=O) groups excluding carboxylic acids is 1. The number of ether oxygens (including phenoxy) is 1. The van der Waals surface area contributed by atoms with Crippen molar-refractivity contribution in [2.75, 3.05) is 10.6 Å². The number of hydrogen-bond donors (Lipinski definition) is 2. The summed E-state index contributed by atoms with van der Waals surface area (Å²) in [5.74, 6) is 0.459. The third kappa shape index (κ3) is 5.98. The Labute approximate surface area is 137 Å². The Morgan fingerprint density at radius 3 is 2.61 bits per heavy atom. The topological polar surface area (TPSA) is 63.2 Å². The number of nitrogens with zero attached hydrogens (tertiary/aromatic N) is 1. The number of nitrogens with one attached hydrogen (secondary N) is 2. The van der Waals surface area contributed by atoms with E-state index >= 15 is 0 Å². The van der Waals surface area contributed by atoms with E-state index in [4.69, 9.17) is 4.74 Å². The van der Waals surface area contributed by atoms with Crippen molar-refractivity contribution in [2.45, 2.75) is 39.8 Å². The Balaban J connectivity index is 1.88. The van der Waals surface area contributed by atoms with Gasteiger partial charge in [-0.05, 0) is 45.4 Å². The predicted octanol–water partition coefficient (Wildman–Crippen LogP) is 4.35. The first kappa shape index (κ1) is 16.8. The summed E-state index contributed by atoms with van der Waals surface area (Å²) in [6.45, 7) is 8.25. The molecule has 2 rings (SSSR count). The number of amides is 1. The number of carbonyl (C=O) groups is 1. The summed E-state index contributed by atoms with van der Waals surface area (Å²) in [6, 6.07) is 11.9. The molecule has 5 nitrogen and oxygen atoms in total. The molecule has 0 saturated heterocycles. The Kier molecular flexibility index (Phi) is 5.21. The number of aryl methyl sites for hydroxylation is 1. The summed E-state index contributed by atoms with van der Waals surface area (Å²) in [5, 5.41) is 5.91. The van der Waals surface area contributed by atoms with Gasteiger partial charge in [-0.25, -0.2) is 9.78 Å². The highest BCUT2D eigenvalue weighted by Gasteiger charge is 2.16. The fourth-order valence-electron chi connectivity index (χ4n) is 2.01. The Morgan fingerprint density at radius 2 is 2.00 bits per heavy atom. The van der Waals surface area contributed by atoms with Crippen molar-refractivity contribution in [3.8, 4) is 0 Å². The summed E-state index contributed by atoms with van der Waals surface area (Å²) in [6.07, 6.45) is 1.17. The van der Waals surface area contributed by atoms with Crippen molar-refractivity contribution in [1.82, 2.24) is 4.98 Å². The molecular weight excluding hydrogens is 290 g/mol. The van der Waals surface area contributed by atoms with Crippen LogP contribution >= 0.6 is 0 Å². The van der Waals surface area contributed by atoms with Gasteiger partial charge in [0.2, 0.25) is 0 Å². The van der Waals surface area contributed by atoms with Gasteiger partial charge < -0.3 is 10.1 Å². The van der Waals surface area contributed by atoms with Crippen molar-refractivity contribution in [3.63, 3.8) is 0 Å². The molecule has 1 aromatic heterocycles. The standard InChI is InChI=1S/C18H23N3O2/c1-13-6-5-7-14(10-13)11-19-15-8-9-16(20-12-15)21-17(22)23-18(2,3)4/h5-10,12,19H,11H2,1-4H3,(H,20,21,22). The molecule has 0 radical (unpaired) electrons. The lowest BCUT2D eigenvalue weighted by molar-refractivity contribution is 0.0635. The van der Waals surface area contributed by atoms with E-state index in [1.165, 1.54) is 11.1 Å². The van der Waals surface area contributed by atoms with Crippen LogP contribution in [0, 0.1) is 6.92 Å². The minimum Gasteiger partial charge on any atom is -0.444 e. The molecule has 1 heterocycles. The van der Waals surface area contributed by atoms with Gasteiger partial charge in [-0.2, -0.15) is 0 Å². The summed E-state index contributed by atoms with van der Waals surface area (Å²) in [5.41, 5.74) is 2.81. The molecule has 1 amide bonds. The van der Waals surface area contributed by atoms with E-state index in [2.05, 4.69) is 40.7 Å². The molecule has 0 aliphatic heterocycles. The number of pyridine rings is 1. The summed E-state index contributed by atoms with van der Waals surface area (Å²) in [7, 11) is 0. The molecule has 1 aromatic carbocycles. The van der Waals surface area contributed by atoms with Crippen molar-refractivity contribution < 1.29 is 9.53 Å². The largest absolute Gasteiger partial charge is 0.444 e. The molecule has 0 spiro atoms. The average Bonchev–Trinajstić information content (AvgIpc) is 2.44. The third-order valence-electron chi connectivity index (χ3n) is 2.97. The summed E-state index contributed by atoms with van der Waals surface area (Å²) in [4.78, 5) is 15.9. The van der Waals surface area contributed by atoms with Crippen molar-refractivity contribution in [3.05, 3.63) is 53.7 Å². The van der Waals surface area contributed by atoms with E-state index in [1.807, 2.05) is 32.9 Å². The van der Waals surface area contributed by atoms with E-state index in [0.717, 1.165) is 12.2 Å². The van der Waals surface area contributed by atoms with Gasteiger partial charge in [0, 0.05) is 6.54 Å². The highest BCUT2D eigenvalue weighted by atomic mass is 16.6. The van der Waals surface area contributed by atoms with Gasteiger partial charge >= 0.3 is 6.09 Å². The van der Waals surface area contributed by atoms with Crippen LogP contribution in [-0.4, -0.2) is 16.7 Å². The van der Waals surface area contributed by atoms with Crippen LogP contribution in [0.5, 0.6) is 0 Å². The average molecular weight is 313 g/mol. The lowest BCUT2D eigenvalue weighted by atomic mass is 10.1. The van der Waals surface area contributed by atoms with E-state index in [0.29, 0.717) is 5.82 Å². The fraction of sp³-hybridized carbons (Fsp3) is 0.333. The second-order valence-electron chi connectivity index (χ2n) is 6.40. The number of benzene rings is 1. The lowest BCUT2D eigenvalue weighted by Gasteiger charge is -2.19. The number of anilines is 2. The van der Waals surface area contributed by atoms with E-state index in [-0.39, 0.29) is 0 Å². The Hall–Kier alpha value is -2.56. The number of rotatable bonds is 4. The maximum atomic E-state index is 11.7. The molecule has 0 atom stereocenters. The van der Waals surface area contributed by atoms with Crippen LogP contribution in [0.4, 0.5) is 16.3 Å². The fourth-order valence-corrected chi connectivity index (χ4v) is 2.01. The molecule has 122 valence electrons. The Bertz CT molecular complexity index is 661. The molecule has 5 heteroatoms. The summed E-state index contributed by atoms with van der Waals surface area (Å²) < 4.78 is 5.18. The normalized spacial score (nSPS) is 11.0. The summed E-state index contributed by atoms with van der Waals surface area (Å²) >= 11 is 0. The van der Waals surface area contributed by atoms with Gasteiger partial charge in [0.15, 0.2) is 0 Å². The first-order chi connectivity index (χ1) is 10.8. The zero-order valence-electron chi connectivity index (χ0n) is 14.0. The van der Waals surface area contributed by atoms with Crippen LogP contribution < -0.4 is 10.6 Å². The van der Waals surface area contributed by atoms with Crippen molar-refractivity contribution >= 4 is 17.6 Å². The van der Waals surface area contributed by atoms with E-state index in [9.17, 15) is 4.79 Å². The minimum absolute atomic E-state index is 0.459. The van der Waals surface area contributed by atoms with Crippen LogP contribution in [0.1, 0.15) is 31.9 Å². The van der Waals surface area contributed by atoms with E-state index in [1.54, 1.807) is 12.3 Å². The first-order valence-corrected chi connectivity index (χ1v) is 7.57. The lowest BCUT2D eigenvalue weighted by Crippen LogP contribution is -2.27. The maximum absolute atomic E-state index is 11.7. The molecule has 0 unspecified atom stereocenters. The number of hydrogen-bond acceptors (Lipinski definition) is 4. The SMILES string of the molecule is Cc1cccc(CNc2ccc(NC(=O)OC(C)(C)C)nc2)c1. The minimum atomic E-state index is -0.528. The molecule has 0 fully saturated rings. The van der Waals surface area contributed by atoms with Gasteiger partial charge in [-0.15, -0.1) is 0 Å². The molecule has 2 aromatic rings. The first-order valence-electron chi connectivity index (χ1n) is 7.57. The van der Waals surface area contributed by atoms with Gasteiger partial charge in [0.1, 0.15) is 11.4 Å². The zero-order valence-corrected chi connectivity index (χ0v) is 14.0. The molecule has 2 N–H and O–H groups in total. The molecule has 0 aliphatic rings. The van der Waals surface area contributed by atoms with Crippen LogP contribution in [0.15, 0.2) is 42.6 Å². The van der Waals surface area contributed by atoms with Crippen molar-refractivity contribution in [1.29, 1.82) is 0 Å². The molecule has 0 bridgehead atoms. The van der Waals surface area contributed by atoms with Gasteiger partial charge in [-0.1, -0.05) is 29.8 Å². The van der Waals surface area contributed by atoms with Crippen LogP contribution in [-0.2, 0) is 11.3 Å². The molecule has 23 heavy (non-hydrogen) atoms. The van der Waals surface area contributed by atoms with E-state index < -0.39 is 11.7 Å². The molecule has 0 saturated carbocycles. The maximum Gasteiger partial charge on any atom is 0.413 e. The Morgan fingerprint density at radius 1 is 1.22 bits per heavy atom. The monoisotopic (exact) mass is 313 g/mol. The second-order valence-corrected chi connectivity index (χ2v) is 6.40. The second kappa shape index (κ2) is 7.13. The van der Waals surface area contributed by atoms with Gasteiger partial charge in [0.05, 0.1) is 11.9 Å². The van der Waals surface area contributed by atoms with Crippen LogP contribution in [0.2, 0.25) is 0 Å². The molecular formula is C18H23N3O2. The predicted molar refractivity (Wildman–Crippen MR) is 92.6 cm³/mol. The highest BCUT2D eigenvalue weighted by molar-refractivity contribution is 5.83. The zero-order chi connectivity index (χ0) is 16.9. The van der Waals surface area contributed by atoms with Gasteiger partial charge in [-0.3, -0.25) is 5.32 Å². The third-order valence-corrected chi connectivity index (χ3v) is 2.97. The van der Waals surface area contributed by atoms with Gasteiger partial charge in [0.25, 0.3) is 0 Å².